The van der Waals surface area contributed by atoms with E-state index in [0.717, 1.165) is 30.4 Å². The molecule has 0 aliphatic rings. The number of halogens is 2. The number of rotatable bonds is 7. The van der Waals surface area contributed by atoms with Crippen molar-refractivity contribution in [3.8, 4) is 17.0 Å². The van der Waals surface area contributed by atoms with Crippen LogP contribution < -0.4 is 10.3 Å². The van der Waals surface area contributed by atoms with E-state index in [9.17, 15) is 13.6 Å². The third-order valence-corrected chi connectivity index (χ3v) is 3.54. The fraction of sp³-hybridized carbons (Fsp3) is 0.412. The van der Waals surface area contributed by atoms with Crippen LogP contribution >= 0.6 is 0 Å². The Morgan fingerprint density at radius 2 is 1.87 bits per heavy atom. The quantitative estimate of drug-likeness (QED) is 0.730. The molecule has 2 aromatic rings. The lowest BCUT2D eigenvalue weighted by atomic mass is 10.1. The maximum Gasteiger partial charge on any atom is 0.266 e. The highest BCUT2D eigenvalue weighted by Gasteiger charge is 2.17. The van der Waals surface area contributed by atoms with Crippen molar-refractivity contribution in [1.82, 2.24) is 9.78 Å². The SMILES string of the molecule is CCCCCCOc1ccc(-c2ccc(=O)n(C)n2)c(F)c1F. The molecule has 0 fully saturated rings. The highest BCUT2D eigenvalue weighted by atomic mass is 19.2. The Bertz CT molecular complexity index is 729. The summed E-state index contributed by atoms with van der Waals surface area (Å²) in [5.41, 5.74) is -0.129. The Morgan fingerprint density at radius 1 is 1.09 bits per heavy atom. The van der Waals surface area contributed by atoms with Crippen molar-refractivity contribution in [2.45, 2.75) is 32.6 Å². The zero-order chi connectivity index (χ0) is 16.8. The van der Waals surface area contributed by atoms with E-state index in [1.54, 1.807) is 0 Å². The molecule has 6 heteroatoms. The van der Waals surface area contributed by atoms with Crippen LogP contribution in [0.1, 0.15) is 32.6 Å². The van der Waals surface area contributed by atoms with Gasteiger partial charge < -0.3 is 4.74 Å². The number of benzene rings is 1. The first kappa shape index (κ1) is 17.1. The Morgan fingerprint density at radius 3 is 2.57 bits per heavy atom. The average molecular weight is 322 g/mol. The molecule has 4 nitrogen and oxygen atoms in total. The Hall–Kier alpha value is -2.24. The molecule has 1 aromatic heterocycles. The van der Waals surface area contributed by atoms with E-state index in [4.69, 9.17) is 4.74 Å². The second kappa shape index (κ2) is 7.85. The molecule has 124 valence electrons. The normalized spacial score (nSPS) is 10.8. The zero-order valence-corrected chi connectivity index (χ0v) is 13.3. The lowest BCUT2D eigenvalue weighted by Gasteiger charge is -2.10. The molecule has 0 saturated carbocycles. The van der Waals surface area contributed by atoms with Crippen molar-refractivity contribution in [2.24, 2.45) is 7.05 Å². The van der Waals surface area contributed by atoms with E-state index >= 15 is 0 Å². The molecule has 1 heterocycles. The molecule has 0 bridgehead atoms. The van der Waals surface area contributed by atoms with E-state index in [0.29, 0.717) is 6.61 Å². The van der Waals surface area contributed by atoms with E-state index in [1.165, 1.54) is 31.3 Å². The standard InChI is InChI=1S/C17H20F2N2O2/c1-3-4-5-6-11-23-14-9-7-12(16(18)17(14)19)13-8-10-15(22)21(2)20-13/h7-10H,3-6,11H2,1-2H3. The van der Waals surface area contributed by atoms with Gasteiger partial charge in [0.25, 0.3) is 5.56 Å². The first-order valence-electron chi connectivity index (χ1n) is 7.70. The van der Waals surface area contributed by atoms with Gasteiger partial charge in [-0.05, 0) is 24.6 Å². The van der Waals surface area contributed by atoms with Crippen LogP contribution in [-0.4, -0.2) is 16.4 Å². The van der Waals surface area contributed by atoms with Crippen molar-refractivity contribution in [3.63, 3.8) is 0 Å². The predicted octanol–water partition coefficient (Wildman–Crippen LogP) is 3.68. The van der Waals surface area contributed by atoms with Gasteiger partial charge in [0, 0.05) is 18.7 Å². The molecule has 0 aliphatic carbocycles. The number of unbranched alkanes of at least 4 members (excludes halogenated alkanes) is 3. The summed E-state index contributed by atoms with van der Waals surface area (Å²) in [6, 6.07) is 5.43. The number of hydrogen-bond donors (Lipinski definition) is 0. The van der Waals surface area contributed by atoms with Crippen LogP contribution in [-0.2, 0) is 7.05 Å². The van der Waals surface area contributed by atoms with Crippen LogP contribution in [0.4, 0.5) is 8.78 Å². The van der Waals surface area contributed by atoms with Crippen molar-refractivity contribution in [2.75, 3.05) is 6.61 Å². The Balaban J connectivity index is 2.16. The largest absolute Gasteiger partial charge is 0.490 e. The number of nitrogens with zero attached hydrogens (tertiary/aromatic N) is 2. The van der Waals surface area contributed by atoms with Crippen LogP contribution in [0.2, 0.25) is 0 Å². The summed E-state index contributed by atoms with van der Waals surface area (Å²) < 4.78 is 34.7. The molecule has 1 aromatic carbocycles. The third kappa shape index (κ3) is 4.15. The van der Waals surface area contributed by atoms with Gasteiger partial charge in [0.05, 0.1) is 12.3 Å². The van der Waals surface area contributed by atoms with Gasteiger partial charge in [0.15, 0.2) is 11.6 Å². The van der Waals surface area contributed by atoms with Crippen molar-refractivity contribution in [3.05, 3.63) is 46.3 Å². The zero-order valence-electron chi connectivity index (χ0n) is 13.3. The fourth-order valence-corrected chi connectivity index (χ4v) is 2.20. The topological polar surface area (TPSA) is 44.1 Å². The molecule has 2 rings (SSSR count). The Labute approximate surface area is 133 Å². The van der Waals surface area contributed by atoms with Crippen LogP contribution in [0.5, 0.6) is 5.75 Å². The molecule has 0 N–H and O–H groups in total. The summed E-state index contributed by atoms with van der Waals surface area (Å²) >= 11 is 0. The van der Waals surface area contributed by atoms with Crippen LogP contribution in [0.15, 0.2) is 29.1 Å². The van der Waals surface area contributed by atoms with Gasteiger partial charge in [0.1, 0.15) is 0 Å². The average Bonchev–Trinajstić information content (AvgIpc) is 2.54. The number of aryl methyl sites for hydroxylation is 1. The smallest absolute Gasteiger partial charge is 0.266 e. The minimum atomic E-state index is -1.03. The fourth-order valence-electron chi connectivity index (χ4n) is 2.20. The monoisotopic (exact) mass is 322 g/mol. The van der Waals surface area contributed by atoms with E-state index in [2.05, 4.69) is 12.0 Å². The minimum Gasteiger partial charge on any atom is -0.490 e. The second-order valence-corrected chi connectivity index (χ2v) is 5.33. The molecular formula is C17H20F2N2O2. The molecular weight excluding hydrogens is 302 g/mol. The van der Waals surface area contributed by atoms with Gasteiger partial charge in [-0.3, -0.25) is 4.79 Å². The molecule has 0 aliphatic heterocycles. The molecule has 23 heavy (non-hydrogen) atoms. The molecule has 0 unspecified atom stereocenters. The van der Waals surface area contributed by atoms with Gasteiger partial charge in [-0.25, -0.2) is 9.07 Å². The number of aromatic nitrogens is 2. The third-order valence-electron chi connectivity index (χ3n) is 3.54. The molecule has 0 radical (unpaired) electrons. The van der Waals surface area contributed by atoms with Crippen molar-refractivity contribution >= 4 is 0 Å². The number of ether oxygens (including phenoxy) is 1. The van der Waals surface area contributed by atoms with Crippen LogP contribution in [0, 0.1) is 11.6 Å². The van der Waals surface area contributed by atoms with Gasteiger partial charge in [-0.2, -0.15) is 9.49 Å². The lowest BCUT2D eigenvalue weighted by molar-refractivity contribution is 0.285. The second-order valence-electron chi connectivity index (χ2n) is 5.33. The molecule has 0 spiro atoms. The summed E-state index contributed by atoms with van der Waals surface area (Å²) in [4.78, 5) is 11.3. The van der Waals surface area contributed by atoms with Gasteiger partial charge in [0.2, 0.25) is 5.82 Å². The first-order valence-corrected chi connectivity index (χ1v) is 7.70. The minimum absolute atomic E-state index is 0.00330. The first-order chi connectivity index (χ1) is 11.0. The molecule has 0 saturated heterocycles. The molecule has 0 amide bonds. The summed E-state index contributed by atoms with van der Waals surface area (Å²) in [5, 5.41) is 3.93. The summed E-state index contributed by atoms with van der Waals surface area (Å²) in [7, 11) is 1.45. The summed E-state index contributed by atoms with van der Waals surface area (Å²) in [6.45, 7) is 2.45. The number of hydrogen-bond acceptors (Lipinski definition) is 3. The van der Waals surface area contributed by atoms with Crippen LogP contribution in [0.3, 0.4) is 0 Å². The van der Waals surface area contributed by atoms with Gasteiger partial charge in [-0.15, -0.1) is 0 Å². The summed E-state index contributed by atoms with van der Waals surface area (Å²) in [6.07, 6.45) is 4.00. The maximum atomic E-state index is 14.2. The van der Waals surface area contributed by atoms with E-state index < -0.39 is 11.6 Å². The highest BCUT2D eigenvalue weighted by molar-refractivity contribution is 5.60. The summed E-state index contributed by atoms with van der Waals surface area (Å²) in [5.74, 6) is -2.16. The molecule has 0 atom stereocenters. The van der Waals surface area contributed by atoms with Gasteiger partial charge >= 0.3 is 0 Å². The van der Waals surface area contributed by atoms with Crippen molar-refractivity contribution in [1.29, 1.82) is 0 Å². The van der Waals surface area contributed by atoms with E-state index in [-0.39, 0.29) is 22.6 Å². The van der Waals surface area contributed by atoms with Crippen LogP contribution in [0.25, 0.3) is 11.3 Å². The lowest BCUT2D eigenvalue weighted by Crippen LogP contribution is -2.18. The highest BCUT2D eigenvalue weighted by Crippen LogP contribution is 2.28. The van der Waals surface area contributed by atoms with Crippen molar-refractivity contribution < 1.29 is 13.5 Å². The van der Waals surface area contributed by atoms with E-state index in [1.807, 2.05) is 0 Å². The predicted molar refractivity (Wildman–Crippen MR) is 84.5 cm³/mol. The maximum absolute atomic E-state index is 14.2. The Kier molecular flexibility index (Phi) is 5.84. The van der Waals surface area contributed by atoms with Gasteiger partial charge in [-0.1, -0.05) is 26.2 Å².